The van der Waals surface area contributed by atoms with Crippen LogP contribution in [0.5, 0.6) is 0 Å². The normalized spacial score (nSPS) is 10.2. The summed E-state index contributed by atoms with van der Waals surface area (Å²) in [5, 5.41) is 24.4. The zero-order chi connectivity index (χ0) is 14.5. The van der Waals surface area contributed by atoms with Gasteiger partial charge in [-0.15, -0.1) is 0 Å². The first-order chi connectivity index (χ1) is 9.56. The molecule has 104 valence electrons. The molecule has 0 aliphatic rings. The quantitative estimate of drug-likeness (QED) is 0.647. The summed E-state index contributed by atoms with van der Waals surface area (Å²) >= 11 is 0.972. The molecule has 0 saturated carbocycles. The molecule has 0 aliphatic heterocycles. The first-order valence-electron chi connectivity index (χ1n) is 5.63. The lowest BCUT2D eigenvalue weighted by Crippen LogP contribution is -2.04. The molecule has 0 fully saturated rings. The largest absolute Gasteiger partial charge is 0.361 e. The van der Waals surface area contributed by atoms with Gasteiger partial charge in [0.25, 0.3) is 5.69 Å². The molecule has 1 aromatic carbocycles. The molecule has 2 rings (SSSR count). The van der Waals surface area contributed by atoms with Gasteiger partial charge in [-0.25, -0.2) is 4.98 Å². The molecule has 0 unspecified atom stereocenters. The van der Waals surface area contributed by atoms with Gasteiger partial charge in [-0.05, 0) is 23.3 Å². The SMILES string of the molecule is O=[N+]([O-])c1ccc(CCNc2ncc([N+](=O)[O-])s2)cc1. The zero-order valence-corrected chi connectivity index (χ0v) is 11.0. The molecule has 0 atom stereocenters. The number of aromatic nitrogens is 1. The number of hydrogen-bond donors (Lipinski definition) is 1. The van der Waals surface area contributed by atoms with Crippen molar-refractivity contribution >= 4 is 27.2 Å². The van der Waals surface area contributed by atoms with Crippen LogP contribution >= 0.6 is 11.3 Å². The molecule has 9 heteroatoms. The Balaban J connectivity index is 1.85. The number of nitro groups is 2. The van der Waals surface area contributed by atoms with E-state index >= 15 is 0 Å². The summed E-state index contributed by atoms with van der Waals surface area (Å²) in [7, 11) is 0. The summed E-state index contributed by atoms with van der Waals surface area (Å²) in [6.07, 6.45) is 1.85. The molecular weight excluding hydrogens is 284 g/mol. The van der Waals surface area contributed by atoms with Crippen molar-refractivity contribution in [1.29, 1.82) is 0 Å². The highest BCUT2D eigenvalue weighted by Crippen LogP contribution is 2.24. The number of thiazole rings is 1. The van der Waals surface area contributed by atoms with E-state index in [2.05, 4.69) is 10.3 Å². The van der Waals surface area contributed by atoms with E-state index in [1.807, 2.05) is 0 Å². The van der Waals surface area contributed by atoms with Crippen LogP contribution in [0.4, 0.5) is 15.8 Å². The maximum atomic E-state index is 10.5. The van der Waals surface area contributed by atoms with E-state index in [0.717, 1.165) is 16.9 Å². The molecule has 1 N–H and O–H groups in total. The molecule has 20 heavy (non-hydrogen) atoms. The molecule has 1 heterocycles. The van der Waals surface area contributed by atoms with Gasteiger partial charge >= 0.3 is 5.00 Å². The second-order valence-corrected chi connectivity index (χ2v) is 4.87. The minimum Gasteiger partial charge on any atom is -0.361 e. The van der Waals surface area contributed by atoms with Gasteiger partial charge in [0.2, 0.25) is 0 Å². The monoisotopic (exact) mass is 294 g/mol. The van der Waals surface area contributed by atoms with Crippen LogP contribution in [0.25, 0.3) is 0 Å². The lowest BCUT2D eigenvalue weighted by molar-refractivity contribution is -0.384. The summed E-state index contributed by atoms with van der Waals surface area (Å²) in [6, 6.07) is 6.27. The van der Waals surface area contributed by atoms with E-state index in [4.69, 9.17) is 0 Å². The van der Waals surface area contributed by atoms with Gasteiger partial charge in [-0.3, -0.25) is 20.2 Å². The van der Waals surface area contributed by atoms with Crippen LogP contribution < -0.4 is 5.32 Å². The molecular formula is C11H10N4O4S. The average molecular weight is 294 g/mol. The van der Waals surface area contributed by atoms with Gasteiger partial charge < -0.3 is 5.32 Å². The summed E-state index contributed by atoms with van der Waals surface area (Å²) in [5.74, 6) is 0. The Hall–Kier alpha value is -2.55. The standard InChI is InChI=1S/C11H10N4O4S/c16-14(17)9-3-1-8(2-4-9)5-6-12-11-13-7-10(20-11)15(18)19/h1-4,7H,5-6H2,(H,12,13). The van der Waals surface area contributed by atoms with Gasteiger partial charge in [-0.1, -0.05) is 12.1 Å². The lowest BCUT2D eigenvalue weighted by atomic mass is 10.1. The van der Waals surface area contributed by atoms with Crippen molar-refractivity contribution in [2.45, 2.75) is 6.42 Å². The molecule has 2 aromatic rings. The Bertz CT molecular complexity index is 626. The number of non-ortho nitro benzene ring substituents is 1. The zero-order valence-electron chi connectivity index (χ0n) is 10.2. The van der Waals surface area contributed by atoms with E-state index in [1.165, 1.54) is 18.3 Å². The van der Waals surface area contributed by atoms with Crippen molar-refractivity contribution in [3.8, 4) is 0 Å². The molecule has 0 radical (unpaired) electrons. The summed E-state index contributed by atoms with van der Waals surface area (Å²) in [6.45, 7) is 0.544. The van der Waals surface area contributed by atoms with Crippen LogP contribution in [0.3, 0.4) is 0 Å². The van der Waals surface area contributed by atoms with Gasteiger partial charge in [0, 0.05) is 18.7 Å². The fourth-order valence-electron chi connectivity index (χ4n) is 1.53. The average Bonchev–Trinajstić information content (AvgIpc) is 2.88. The van der Waals surface area contributed by atoms with Crippen molar-refractivity contribution in [2.24, 2.45) is 0 Å². The van der Waals surface area contributed by atoms with E-state index in [1.54, 1.807) is 12.1 Å². The first kappa shape index (κ1) is 13.9. The highest BCUT2D eigenvalue weighted by atomic mass is 32.1. The van der Waals surface area contributed by atoms with Gasteiger partial charge in [-0.2, -0.15) is 0 Å². The van der Waals surface area contributed by atoms with Crippen LogP contribution in [-0.2, 0) is 6.42 Å². The van der Waals surface area contributed by atoms with Crippen molar-refractivity contribution in [1.82, 2.24) is 4.98 Å². The van der Waals surface area contributed by atoms with E-state index in [0.29, 0.717) is 18.1 Å². The maximum absolute atomic E-state index is 10.5. The van der Waals surface area contributed by atoms with Crippen molar-refractivity contribution in [3.05, 3.63) is 56.3 Å². The second-order valence-electron chi connectivity index (χ2n) is 3.86. The van der Waals surface area contributed by atoms with E-state index < -0.39 is 9.85 Å². The Kier molecular flexibility index (Phi) is 4.20. The minimum absolute atomic E-state index is 0.0113. The molecule has 0 bridgehead atoms. The number of hydrogen-bond acceptors (Lipinski definition) is 7. The summed E-state index contributed by atoms with van der Waals surface area (Å²) < 4.78 is 0. The molecule has 0 spiro atoms. The third-order valence-electron chi connectivity index (χ3n) is 2.51. The third-order valence-corrected chi connectivity index (χ3v) is 3.42. The smallest absolute Gasteiger partial charge is 0.345 e. The Morgan fingerprint density at radius 1 is 1.15 bits per heavy atom. The highest BCUT2D eigenvalue weighted by Gasteiger charge is 2.10. The van der Waals surface area contributed by atoms with Gasteiger partial charge in [0.15, 0.2) is 5.13 Å². The fraction of sp³-hybridized carbons (Fsp3) is 0.182. The fourth-order valence-corrected chi connectivity index (χ4v) is 2.19. The number of nitrogens with zero attached hydrogens (tertiary/aromatic N) is 3. The predicted molar refractivity (Wildman–Crippen MR) is 74.1 cm³/mol. The van der Waals surface area contributed by atoms with Gasteiger partial charge in [0.1, 0.15) is 6.20 Å². The number of anilines is 1. The summed E-state index contributed by atoms with van der Waals surface area (Å²) in [5.41, 5.74) is 0.992. The second kappa shape index (κ2) is 6.06. The number of rotatable bonds is 6. The topological polar surface area (TPSA) is 111 Å². The molecule has 0 aliphatic carbocycles. The van der Waals surface area contributed by atoms with Gasteiger partial charge in [0.05, 0.1) is 9.85 Å². The van der Waals surface area contributed by atoms with Crippen LogP contribution in [-0.4, -0.2) is 21.4 Å². The van der Waals surface area contributed by atoms with E-state index in [9.17, 15) is 20.2 Å². The first-order valence-corrected chi connectivity index (χ1v) is 6.45. The van der Waals surface area contributed by atoms with Crippen LogP contribution in [0.1, 0.15) is 5.56 Å². The lowest BCUT2D eigenvalue weighted by Gasteiger charge is -2.02. The van der Waals surface area contributed by atoms with Crippen molar-refractivity contribution < 1.29 is 9.85 Å². The van der Waals surface area contributed by atoms with Crippen LogP contribution in [0.2, 0.25) is 0 Å². The minimum atomic E-state index is -0.487. The van der Waals surface area contributed by atoms with Crippen molar-refractivity contribution in [2.75, 3.05) is 11.9 Å². The number of benzene rings is 1. The van der Waals surface area contributed by atoms with E-state index in [-0.39, 0.29) is 10.7 Å². The molecule has 1 aromatic heterocycles. The van der Waals surface area contributed by atoms with Crippen LogP contribution in [0.15, 0.2) is 30.5 Å². The molecule has 8 nitrogen and oxygen atoms in total. The Morgan fingerprint density at radius 3 is 2.40 bits per heavy atom. The molecule has 0 amide bonds. The van der Waals surface area contributed by atoms with Crippen molar-refractivity contribution in [3.63, 3.8) is 0 Å². The van der Waals surface area contributed by atoms with Crippen LogP contribution in [0, 0.1) is 20.2 Å². The third kappa shape index (κ3) is 3.48. The number of nitrogens with one attached hydrogen (secondary N) is 1. The number of nitro benzene ring substituents is 1. The summed E-state index contributed by atoms with van der Waals surface area (Å²) in [4.78, 5) is 23.9. The predicted octanol–water partition coefficient (Wildman–Crippen LogP) is 2.61. The highest BCUT2D eigenvalue weighted by molar-refractivity contribution is 7.18. The molecule has 0 saturated heterocycles. The Morgan fingerprint density at radius 2 is 1.85 bits per heavy atom. The maximum Gasteiger partial charge on any atom is 0.345 e. The Labute approximate surface area is 117 Å².